The van der Waals surface area contributed by atoms with Crippen molar-refractivity contribution in [1.29, 1.82) is 0 Å². The van der Waals surface area contributed by atoms with Crippen molar-refractivity contribution in [3.05, 3.63) is 102 Å². The number of halogens is 3. The van der Waals surface area contributed by atoms with E-state index in [1.54, 1.807) is 6.07 Å². The van der Waals surface area contributed by atoms with E-state index in [9.17, 15) is 13.2 Å². The predicted molar refractivity (Wildman–Crippen MR) is 147 cm³/mol. The Bertz CT molecular complexity index is 1110. The van der Waals surface area contributed by atoms with Gasteiger partial charge in [0, 0.05) is 63.6 Å². The first-order valence-electron chi connectivity index (χ1n) is 13.7. The van der Waals surface area contributed by atoms with Gasteiger partial charge in [-0.25, -0.2) is 0 Å². The molecule has 2 aliphatic heterocycles. The van der Waals surface area contributed by atoms with Crippen LogP contribution in [0.3, 0.4) is 0 Å². The Morgan fingerprint density at radius 2 is 1.39 bits per heavy atom. The summed E-state index contributed by atoms with van der Waals surface area (Å²) < 4.78 is 39.9. The molecule has 3 aromatic rings. The summed E-state index contributed by atoms with van der Waals surface area (Å²) in [5.41, 5.74) is 2.69. The second kappa shape index (κ2) is 11.9. The van der Waals surface area contributed by atoms with Gasteiger partial charge in [0.25, 0.3) is 0 Å². The lowest BCUT2D eigenvalue weighted by atomic mass is 9.95. The van der Waals surface area contributed by atoms with Gasteiger partial charge in [-0.15, -0.1) is 0 Å². The third kappa shape index (κ3) is 6.06. The van der Waals surface area contributed by atoms with E-state index in [1.807, 2.05) is 0 Å². The zero-order chi connectivity index (χ0) is 26.5. The third-order valence-corrected chi connectivity index (χ3v) is 8.04. The molecular weight excluding hydrogens is 485 g/mol. The molecule has 7 heteroatoms. The Hall–Kier alpha value is -2.87. The van der Waals surface area contributed by atoms with E-state index in [0.29, 0.717) is 24.8 Å². The first-order valence-corrected chi connectivity index (χ1v) is 13.7. The van der Waals surface area contributed by atoms with Crippen LogP contribution in [-0.4, -0.2) is 67.7 Å². The van der Waals surface area contributed by atoms with Crippen molar-refractivity contribution in [2.24, 2.45) is 0 Å². The summed E-state index contributed by atoms with van der Waals surface area (Å²) in [4.78, 5) is 7.27. The molecule has 202 valence electrons. The number of alkyl halides is 3. The summed E-state index contributed by atoms with van der Waals surface area (Å²) in [6.07, 6.45) is -3.33. The minimum atomic E-state index is -4.33. The molecular formula is C31H37F3N4. The number of hydrogen-bond acceptors (Lipinski definition) is 4. The minimum absolute atomic E-state index is 0.203. The first-order chi connectivity index (χ1) is 18.4. The molecule has 2 saturated heterocycles. The number of hydrogen-bond donors (Lipinski definition) is 1. The number of piperazine rings is 2. The van der Waals surface area contributed by atoms with Crippen molar-refractivity contribution >= 4 is 5.69 Å². The molecule has 2 atom stereocenters. The lowest BCUT2D eigenvalue weighted by Gasteiger charge is -2.47. The highest BCUT2D eigenvalue weighted by molar-refractivity contribution is 5.50. The van der Waals surface area contributed by atoms with Gasteiger partial charge in [-0.3, -0.25) is 9.80 Å². The maximum atomic E-state index is 13.3. The second-order valence-corrected chi connectivity index (χ2v) is 10.3. The van der Waals surface area contributed by atoms with E-state index in [1.165, 1.54) is 23.3 Å². The van der Waals surface area contributed by atoms with Crippen LogP contribution in [0, 0.1) is 0 Å². The number of nitrogens with zero attached hydrogens (tertiary/aromatic N) is 3. The summed E-state index contributed by atoms with van der Waals surface area (Å²) in [6, 6.07) is 27.9. The number of benzene rings is 3. The largest absolute Gasteiger partial charge is 0.416 e. The van der Waals surface area contributed by atoms with Crippen molar-refractivity contribution in [2.45, 2.75) is 37.6 Å². The second-order valence-electron chi connectivity index (χ2n) is 10.3. The van der Waals surface area contributed by atoms with E-state index in [0.717, 1.165) is 45.2 Å². The van der Waals surface area contributed by atoms with Gasteiger partial charge in [0.1, 0.15) is 0 Å². The standard InChI is InChI=1S/C31H37F3N4/c1-2-29(28-23-38(17-16-35-28)27-15-9-14-26(22-27)31(32,33)34)36-18-20-37(21-19-36)30(24-10-5-3-6-11-24)25-12-7-4-8-13-25/h3-15,22,28-30,35H,2,16-21,23H2,1H3. The van der Waals surface area contributed by atoms with Crippen molar-refractivity contribution in [3.8, 4) is 0 Å². The Morgan fingerprint density at radius 3 is 1.97 bits per heavy atom. The van der Waals surface area contributed by atoms with Gasteiger partial charge in [-0.2, -0.15) is 13.2 Å². The zero-order valence-electron chi connectivity index (χ0n) is 21.9. The van der Waals surface area contributed by atoms with E-state index < -0.39 is 11.7 Å². The van der Waals surface area contributed by atoms with E-state index in [-0.39, 0.29) is 12.1 Å². The monoisotopic (exact) mass is 522 g/mol. The Kier molecular flexibility index (Phi) is 8.36. The van der Waals surface area contributed by atoms with E-state index in [2.05, 4.69) is 87.6 Å². The van der Waals surface area contributed by atoms with Gasteiger partial charge in [0.05, 0.1) is 11.6 Å². The van der Waals surface area contributed by atoms with Crippen molar-refractivity contribution in [1.82, 2.24) is 15.1 Å². The molecule has 0 aliphatic carbocycles. The molecule has 2 fully saturated rings. The molecule has 0 spiro atoms. The molecule has 2 unspecified atom stereocenters. The van der Waals surface area contributed by atoms with Crippen LogP contribution in [0.25, 0.3) is 0 Å². The van der Waals surface area contributed by atoms with E-state index in [4.69, 9.17) is 0 Å². The molecule has 0 aromatic heterocycles. The molecule has 0 bridgehead atoms. The topological polar surface area (TPSA) is 21.8 Å². The van der Waals surface area contributed by atoms with Crippen molar-refractivity contribution < 1.29 is 13.2 Å². The minimum Gasteiger partial charge on any atom is -0.369 e. The Balaban J connectivity index is 1.26. The number of nitrogens with one attached hydrogen (secondary N) is 1. The SMILES string of the molecule is CCC(C1CN(c2cccc(C(F)(F)F)c2)CCN1)N1CCN(C(c2ccccc2)c2ccccc2)CC1. The van der Waals surface area contributed by atoms with Gasteiger partial charge in [-0.1, -0.05) is 73.7 Å². The fourth-order valence-electron chi connectivity index (χ4n) is 6.16. The fraction of sp³-hybridized carbons (Fsp3) is 0.419. The average Bonchev–Trinajstić information content (AvgIpc) is 2.95. The molecule has 3 aromatic carbocycles. The maximum absolute atomic E-state index is 13.3. The summed E-state index contributed by atoms with van der Waals surface area (Å²) in [6.45, 7) is 8.27. The summed E-state index contributed by atoms with van der Waals surface area (Å²) in [5.74, 6) is 0. The van der Waals surface area contributed by atoms with Crippen LogP contribution in [-0.2, 0) is 6.18 Å². The molecule has 4 nitrogen and oxygen atoms in total. The van der Waals surface area contributed by atoms with Gasteiger partial charge in [0.15, 0.2) is 0 Å². The molecule has 1 N–H and O–H groups in total. The van der Waals surface area contributed by atoms with E-state index >= 15 is 0 Å². The molecule has 5 rings (SSSR count). The van der Waals surface area contributed by atoms with Crippen LogP contribution in [0.5, 0.6) is 0 Å². The van der Waals surface area contributed by atoms with Crippen LogP contribution in [0.4, 0.5) is 18.9 Å². The van der Waals surface area contributed by atoms with Gasteiger partial charge < -0.3 is 10.2 Å². The zero-order valence-corrected chi connectivity index (χ0v) is 21.9. The smallest absolute Gasteiger partial charge is 0.369 e. The van der Waals surface area contributed by atoms with Crippen molar-refractivity contribution in [2.75, 3.05) is 50.7 Å². The van der Waals surface area contributed by atoms with Crippen LogP contribution >= 0.6 is 0 Å². The third-order valence-electron chi connectivity index (χ3n) is 8.04. The molecule has 0 saturated carbocycles. The molecule has 2 aliphatic rings. The summed E-state index contributed by atoms with van der Waals surface area (Å²) >= 11 is 0. The predicted octanol–water partition coefficient (Wildman–Crippen LogP) is 5.67. The Labute approximate surface area is 224 Å². The summed E-state index contributed by atoms with van der Waals surface area (Å²) in [7, 11) is 0. The average molecular weight is 523 g/mol. The first kappa shape index (κ1) is 26.7. The fourth-order valence-corrected chi connectivity index (χ4v) is 6.16. The van der Waals surface area contributed by atoms with Crippen LogP contribution in [0.1, 0.15) is 36.1 Å². The molecule has 38 heavy (non-hydrogen) atoms. The highest BCUT2D eigenvalue weighted by Gasteiger charge is 2.35. The lowest BCUT2D eigenvalue weighted by molar-refractivity contribution is -0.137. The quantitative estimate of drug-likeness (QED) is 0.432. The lowest BCUT2D eigenvalue weighted by Crippen LogP contribution is -2.62. The number of rotatable bonds is 7. The molecule has 2 heterocycles. The van der Waals surface area contributed by atoms with Gasteiger partial charge >= 0.3 is 6.18 Å². The van der Waals surface area contributed by atoms with Crippen LogP contribution in [0.2, 0.25) is 0 Å². The normalized spacial score (nSPS) is 20.6. The van der Waals surface area contributed by atoms with Crippen LogP contribution in [0.15, 0.2) is 84.9 Å². The van der Waals surface area contributed by atoms with Crippen molar-refractivity contribution in [3.63, 3.8) is 0 Å². The highest BCUT2D eigenvalue weighted by Crippen LogP contribution is 2.33. The Morgan fingerprint density at radius 1 is 0.789 bits per heavy atom. The molecule has 0 amide bonds. The van der Waals surface area contributed by atoms with Gasteiger partial charge in [0.2, 0.25) is 0 Å². The number of anilines is 1. The maximum Gasteiger partial charge on any atom is 0.416 e. The van der Waals surface area contributed by atoms with Crippen LogP contribution < -0.4 is 10.2 Å². The summed E-state index contributed by atoms with van der Waals surface area (Å²) in [5, 5.41) is 3.68. The molecule has 0 radical (unpaired) electrons. The van der Waals surface area contributed by atoms with Gasteiger partial charge in [-0.05, 0) is 35.7 Å². The highest BCUT2D eigenvalue weighted by atomic mass is 19.4.